The van der Waals surface area contributed by atoms with E-state index < -0.39 is 0 Å². The van der Waals surface area contributed by atoms with E-state index in [-0.39, 0.29) is 23.6 Å². The Balaban J connectivity index is 0.00000169. The number of phenolic OH excluding ortho intramolecular Hbond substituents is 1. The van der Waals surface area contributed by atoms with Crippen molar-refractivity contribution in [3.05, 3.63) is 53.6 Å². The second-order valence-corrected chi connectivity index (χ2v) is 6.42. The number of rotatable bonds is 4. The molecule has 26 heavy (non-hydrogen) atoms. The summed E-state index contributed by atoms with van der Waals surface area (Å²) in [5.41, 5.74) is 3.85. The van der Waals surface area contributed by atoms with Gasteiger partial charge in [0.15, 0.2) is 11.5 Å². The number of methoxy groups -OCH3 is 1. The third-order valence-electron chi connectivity index (χ3n) is 5.00. The van der Waals surface area contributed by atoms with Gasteiger partial charge in [-0.05, 0) is 43.2 Å². The number of para-hydroxylation sites is 1. The van der Waals surface area contributed by atoms with Crippen LogP contribution in [0.1, 0.15) is 24.1 Å². The fourth-order valence-electron chi connectivity index (χ4n) is 3.43. The van der Waals surface area contributed by atoms with Crippen LogP contribution in [0.2, 0.25) is 0 Å². The molecule has 0 bridgehead atoms. The van der Waals surface area contributed by atoms with Crippen molar-refractivity contribution < 1.29 is 15.3 Å². The molecule has 0 spiro atoms. The van der Waals surface area contributed by atoms with E-state index in [0.717, 1.165) is 26.2 Å². The molecule has 1 aliphatic heterocycles. The second-order valence-electron chi connectivity index (χ2n) is 6.42. The minimum atomic E-state index is 0. The fraction of sp³-hybridized carbons (Fsp3) is 0.400. The Morgan fingerprint density at radius 3 is 2.31 bits per heavy atom. The molecule has 0 aromatic heterocycles. The van der Waals surface area contributed by atoms with Crippen LogP contribution in [-0.4, -0.2) is 48.8 Å². The lowest BCUT2D eigenvalue weighted by Gasteiger charge is -2.39. The van der Waals surface area contributed by atoms with Crippen LogP contribution in [0.3, 0.4) is 0 Å². The molecular formula is C20H29ClN2O3. The van der Waals surface area contributed by atoms with Crippen LogP contribution in [-0.2, 0) is 0 Å². The van der Waals surface area contributed by atoms with Crippen LogP contribution in [0.4, 0.5) is 5.69 Å². The van der Waals surface area contributed by atoms with Crippen LogP contribution >= 0.6 is 12.4 Å². The molecule has 1 atom stereocenters. The third kappa shape index (κ3) is 4.61. The van der Waals surface area contributed by atoms with Crippen molar-refractivity contribution >= 4 is 18.1 Å². The quantitative estimate of drug-likeness (QED) is 0.884. The molecule has 6 heteroatoms. The molecule has 1 unspecified atom stereocenters. The number of ether oxygens (including phenoxy) is 1. The standard InChI is InChI=1S/C20H26N2O2.ClH.H2O/c1-15-6-4-5-7-18(15)22-12-10-21(11-13-22)16(2)17-8-9-19(23)20(14-17)24-3;;/h4-9,14,16,23H,10-13H2,1-3H3;1H;1H2. The summed E-state index contributed by atoms with van der Waals surface area (Å²) in [7, 11) is 1.59. The molecule has 3 N–H and O–H groups in total. The van der Waals surface area contributed by atoms with Gasteiger partial charge in [-0.25, -0.2) is 0 Å². The Morgan fingerprint density at radius 1 is 1.04 bits per heavy atom. The van der Waals surface area contributed by atoms with Gasteiger partial charge in [-0.3, -0.25) is 4.90 Å². The predicted molar refractivity (Wildman–Crippen MR) is 109 cm³/mol. The fourth-order valence-corrected chi connectivity index (χ4v) is 3.43. The third-order valence-corrected chi connectivity index (χ3v) is 5.00. The van der Waals surface area contributed by atoms with E-state index in [4.69, 9.17) is 4.74 Å². The summed E-state index contributed by atoms with van der Waals surface area (Å²) < 4.78 is 5.23. The molecule has 1 heterocycles. The molecule has 0 amide bonds. The number of hydrogen-bond donors (Lipinski definition) is 1. The summed E-state index contributed by atoms with van der Waals surface area (Å²) >= 11 is 0. The molecule has 2 aromatic rings. The highest BCUT2D eigenvalue weighted by Gasteiger charge is 2.23. The molecule has 1 aliphatic rings. The molecular weight excluding hydrogens is 352 g/mol. The van der Waals surface area contributed by atoms with Gasteiger partial charge in [0, 0.05) is 37.9 Å². The molecule has 0 saturated carbocycles. The minimum Gasteiger partial charge on any atom is -0.504 e. The lowest BCUT2D eigenvalue weighted by molar-refractivity contribution is 0.198. The van der Waals surface area contributed by atoms with Crippen molar-refractivity contribution in [3.63, 3.8) is 0 Å². The maximum absolute atomic E-state index is 9.77. The van der Waals surface area contributed by atoms with Crippen molar-refractivity contribution in [2.75, 3.05) is 38.2 Å². The summed E-state index contributed by atoms with van der Waals surface area (Å²) in [5.74, 6) is 0.732. The number of halogens is 1. The maximum Gasteiger partial charge on any atom is 0.160 e. The van der Waals surface area contributed by atoms with Gasteiger partial charge in [-0.1, -0.05) is 24.3 Å². The van der Waals surface area contributed by atoms with E-state index in [1.54, 1.807) is 13.2 Å². The zero-order valence-electron chi connectivity index (χ0n) is 15.6. The summed E-state index contributed by atoms with van der Waals surface area (Å²) in [5, 5.41) is 9.77. The number of benzene rings is 2. The highest BCUT2D eigenvalue weighted by Crippen LogP contribution is 2.31. The Bertz CT molecular complexity index is 703. The average molecular weight is 381 g/mol. The number of hydrogen-bond acceptors (Lipinski definition) is 4. The lowest BCUT2D eigenvalue weighted by Crippen LogP contribution is -2.47. The van der Waals surface area contributed by atoms with E-state index in [0.29, 0.717) is 11.8 Å². The first-order valence-corrected chi connectivity index (χ1v) is 8.51. The van der Waals surface area contributed by atoms with Crippen molar-refractivity contribution in [2.24, 2.45) is 0 Å². The predicted octanol–water partition coefficient (Wildman–Crippen LogP) is 3.19. The van der Waals surface area contributed by atoms with Gasteiger partial charge >= 0.3 is 0 Å². The van der Waals surface area contributed by atoms with E-state index in [1.807, 2.05) is 12.1 Å². The van der Waals surface area contributed by atoms with Crippen molar-refractivity contribution in [2.45, 2.75) is 19.9 Å². The molecule has 1 fully saturated rings. The van der Waals surface area contributed by atoms with Gasteiger partial charge in [0.2, 0.25) is 0 Å². The first kappa shape index (κ1) is 22.1. The molecule has 5 nitrogen and oxygen atoms in total. The normalized spacial score (nSPS) is 15.6. The molecule has 1 saturated heterocycles. The van der Waals surface area contributed by atoms with Gasteiger partial charge < -0.3 is 20.2 Å². The molecule has 0 radical (unpaired) electrons. The summed E-state index contributed by atoms with van der Waals surface area (Å²) in [6.45, 7) is 8.51. The van der Waals surface area contributed by atoms with E-state index in [2.05, 4.69) is 47.9 Å². The van der Waals surface area contributed by atoms with Gasteiger partial charge in [-0.2, -0.15) is 0 Å². The van der Waals surface area contributed by atoms with Crippen molar-refractivity contribution in [1.82, 2.24) is 4.90 Å². The molecule has 2 aromatic carbocycles. The average Bonchev–Trinajstić information content (AvgIpc) is 2.62. The molecule has 0 aliphatic carbocycles. The van der Waals surface area contributed by atoms with E-state index >= 15 is 0 Å². The lowest BCUT2D eigenvalue weighted by atomic mass is 10.0. The van der Waals surface area contributed by atoms with Crippen LogP contribution in [0.15, 0.2) is 42.5 Å². The summed E-state index contributed by atoms with van der Waals surface area (Å²) in [6, 6.07) is 14.5. The zero-order chi connectivity index (χ0) is 17.1. The van der Waals surface area contributed by atoms with Gasteiger partial charge in [-0.15, -0.1) is 12.4 Å². The Kier molecular flexibility index (Phi) is 8.21. The van der Waals surface area contributed by atoms with Gasteiger partial charge in [0.1, 0.15) is 0 Å². The van der Waals surface area contributed by atoms with Crippen LogP contribution in [0, 0.1) is 6.92 Å². The van der Waals surface area contributed by atoms with Gasteiger partial charge in [0.05, 0.1) is 7.11 Å². The van der Waals surface area contributed by atoms with Crippen LogP contribution in [0.5, 0.6) is 11.5 Å². The summed E-state index contributed by atoms with van der Waals surface area (Å²) in [4.78, 5) is 4.95. The number of piperazine rings is 1. The number of aryl methyl sites for hydroxylation is 1. The Labute approximate surface area is 161 Å². The molecule has 144 valence electrons. The monoisotopic (exact) mass is 380 g/mol. The largest absolute Gasteiger partial charge is 0.504 e. The SMILES string of the molecule is COc1cc(C(C)N2CCN(c3ccccc3C)CC2)ccc1O.Cl.O. The minimum absolute atomic E-state index is 0. The van der Waals surface area contributed by atoms with Crippen LogP contribution < -0.4 is 9.64 Å². The number of nitrogens with zero attached hydrogens (tertiary/aromatic N) is 2. The topological polar surface area (TPSA) is 67.4 Å². The van der Waals surface area contributed by atoms with E-state index in [1.165, 1.54) is 16.8 Å². The first-order valence-electron chi connectivity index (χ1n) is 8.51. The Morgan fingerprint density at radius 2 is 1.69 bits per heavy atom. The first-order chi connectivity index (χ1) is 11.6. The smallest absolute Gasteiger partial charge is 0.160 e. The van der Waals surface area contributed by atoms with Crippen molar-refractivity contribution in [3.8, 4) is 11.5 Å². The Hall–Kier alpha value is -1.95. The number of phenols is 1. The second kappa shape index (κ2) is 9.67. The van der Waals surface area contributed by atoms with Crippen LogP contribution in [0.25, 0.3) is 0 Å². The van der Waals surface area contributed by atoms with Gasteiger partial charge in [0.25, 0.3) is 0 Å². The zero-order valence-corrected chi connectivity index (χ0v) is 16.4. The number of anilines is 1. The highest BCUT2D eigenvalue weighted by molar-refractivity contribution is 5.85. The number of aromatic hydroxyl groups is 1. The van der Waals surface area contributed by atoms with E-state index in [9.17, 15) is 5.11 Å². The molecule has 3 rings (SSSR count). The summed E-state index contributed by atoms with van der Waals surface area (Å²) in [6.07, 6.45) is 0. The van der Waals surface area contributed by atoms with Crippen molar-refractivity contribution in [1.29, 1.82) is 0 Å². The highest BCUT2D eigenvalue weighted by atomic mass is 35.5. The maximum atomic E-state index is 9.77.